The van der Waals surface area contributed by atoms with Crippen LogP contribution in [0.2, 0.25) is 0 Å². The third-order valence-corrected chi connectivity index (χ3v) is 4.81. The van der Waals surface area contributed by atoms with Crippen molar-refractivity contribution in [2.24, 2.45) is 0 Å². The Morgan fingerprint density at radius 3 is 2.87 bits per heavy atom. The van der Waals surface area contributed by atoms with Crippen molar-refractivity contribution in [1.82, 2.24) is 4.98 Å². The van der Waals surface area contributed by atoms with Gasteiger partial charge in [0.1, 0.15) is 6.10 Å². The maximum Gasteiger partial charge on any atom is 0.104 e. The van der Waals surface area contributed by atoms with Crippen LogP contribution in [0.5, 0.6) is 0 Å². The summed E-state index contributed by atoms with van der Waals surface area (Å²) in [5.74, 6) is 0. The number of para-hydroxylation sites is 1. The predicted octanol–water partition coefficient (Wildman–Crippen LogP) is 3.03. The molecule has 4 nitrogen and oxygen atoms in total. The molecule has 2 aliphatic rings. The molecular formula is C19H22N2O2. The van der Waals surface area contributed by atoms with Crippen LogP contribution < -0.4 is 4.90 Å². The molecule has 3 atom stereocenters. The fourth-order valence-corrected chi connectivity index (χ4v) is 3.72. The van der Waals surface area contributed by atoms with Crippen LogP contribution in [0.4, 0.5) is 5.69 Å². The minimum atomic E-state index is 0.167. The van der Waals surface area contributed by atoms with E-state index in [0.717, 1.165) is 31.6 Å². The van der Waals surface area contributed by atoms with Gasteiger partial charge in [-0.05, 0) is 36.6 Å². The van der Waals surface area contributed by atoms with Crippen LogP contribution in [0.1, 0.15) is 18.4 Å². The lowest BCUT2D eigenvalue weighted by atomic mass is 10.1. The number of fused-ring (bicyclic) bond motifs is 1. The second-order valence-electron chi connectivity index (χ2n) is 6.22. The molecule has 2 aromatic rings. The molecule has 120 valence electrons. The lowest BCUT2D eigenvalue weighted by molar-refractivity contribution is -0.0770. The van der Waals surface area contributed by atoms with Crippen molar-refractivity contribution in [1.29, 1.82) is 0 Å². The first kappa shape index (κ1) is 14.7. The summed E-state index contributed by atoms with van der Waals surface area (Å²) >= 11 is 0. The normalized spacial score (nSPS) is 27.0. The Kier molecular flexibility index (Phi) is 4.26. The van der Waals surface area contributed by atoms with E-state index in [2.05, 4.69) is 46.3 Å². The molecule has 0 N–H and O–H groups in total. The van der Waals surface area contributed by atoms with Crippen LogP contribution >= 0.6 is 0 Å². The molecule has 1 saturated carbocycles. The number of ether oxygens (including phenoxy) is 2. The Bertz CT molecular complexity index is 620. The van der Waals surface area contributed by atoms with Crippen molar-refractivity contribution in [2.75, 3.05) is 18.1 Å². The molecule has 1 aromatic carbocycles. The van der Waals surface area contributed by atoms with Gasteiger partial charge in [-0.2, -0.15) is 0 Å². The molecule has 0 unspecified atom stereocenters. The molecule has 0 bridgehead atoms. The van der Waals surface area contributed by atoms with E-state index in [4.69, 9.17) is 9.47 Å². The number of morpholine rings is 1. The molecule has 4 heteroatoms. The molecule has 2 heterocycles. The largest absolute Gasteiger partial charge is 0.372 e. The van der Waals surface area contributed by atoms with Gasteiger partial charge < -0.3 is 14.4 Å². The number of anilines is 1. The molecule has 23 heavy (non-hydrogen) atoms. The summed E-state index contributed by atoms with van der Waals surface area (Å²) in [5, 5.41) is 0. The molecule has 1 aliphatic heterocycles. The standard InChI is InChI=1S/C19H22N2O2/c1-2-6-16(7-3-1)21-11-12-22-19-17(21)8-9-18(19)23-14-15-5-4-10-20-13-15/h1-7,10,13,17-19H,8-9,11-12,14H2/t17-,18-,19+/m1/s1. The van der Waals surface area contributed by atoms with Crippen LogP contribution in [0.3, 0.4) is 0 Å². The van der Waals surface area contributed by atoms with E-state index in [1.54, 1.807) is 6.20 Å². The highest BCUT2D eigenvalue weighted by Gasteiger charge is 2.43. The van der Waals surface area contributed by atoms with Crippen LogP contribution in [0.15, 0.2) is 54.9 Å². The van der Waals surface area contributed by atoms with Gasteiger partial charge in [0.2, 0.25) is 0 Å². The molecule has 0 spiro atoms. The SMILES string of the molecule is c1ccc(N2CCO[C@H]3[C@H]2CC[C@H]3OCc2cccnc2)cc1. The number of aromatic nitrogens is 1. The van der Waals surface area contributed by atoms with Gasteiger partial charge in [0, 0.05) is 24.6 Å². The van der Waals surface area contributed by atoms with Gasteiger partial charge in [-0.25, -0.2) is 0 Å². The summed E-state index contributed by atoms with van der Waals surface area (Å²) in [6, 6.07) is 15.1. The van der Waals surface area contributed by atoms with Crippen LogP contribution in [-0.2, 0) is 16.1 Å². The topological polar surface area (TPSA) is 34.6 Å². The minimum Gasteiger partial charge on any atom is -0.372 e. The van der Waals surface area contributed by atoms with E-state index in [9.17, 15) is 0 Å². The Balaban J connectivity index is 1.43. The lowest BCUT2D eigenvalue weighted by Crippen LogP contribution is -2.51. The minimum absolute atomic E-state index is 0.167. The Morgan fingerprint density at radius 2 is 2.04 bits per heavy atom. The van der Waals surface area contributed by atoms with Gasteiger partial charge in [-0.15, -0.1) is 0 Å². The zero-order valence-corrected chi connectivity index (χ0v) is 13.2. The third-order valence-electron chi connectivity index (χ3n) is 4.81. The van der Waals surface area contributed by atoms with Gasteiger partial charge in [0.15, 0.2) is 0 Å². The van der Waals surface area contributed by atoms with Crippen molar-refractivity contribution >= 4 is 5.69 Å². The smallest absolute Gasteiger partial charge is 0.104 e. The van der Waals surface area contributed by atoms with E-state index >= 15 is 0 Å². The number of nitrogens with zero attached hydrogens (tertiary/aromatic N) is 2. The van der Waals surface area contributed by atoms with Crippen molar-refractivity contribution in [3.63, 3.8) is 0 Å². The molecule has 0 radical (unpaired) electrons. The maximum absolute atomic E-state index is 6.15. The van der Waals surface area contributed by atoms with Crippen molar-refractivity contribution in [3.8, 4) is 0 Å². The first-order chi connectivity index (χ1) is 11.4. The van der Waals surface area contributed by atoms with Crippen LogP contribution in [0, 0.1) is 0 Å². The Hall–Kier alpha value is -1.91. The van der Waals surface area contributed by atoms with Gasteiger partial charge in [-0.3, -0.25) is 4.98 Å². The number of rotatable bonds is 4. The summed E-state index contributed by atoms with van der Waals surface area (Å²) in [6.45, 7) is 2.33. The predicted molar refractivity (Wildman–Crippen MR) is 89.4 cm³/mol. The second-order valence-corrected chi connectivity index (χ2v) is 6.22. The van der Waals surface area contributed by atoms with Crippen LogP contribution in [-0.4, -0.2) is 36.4 Å². The van der Waals surface area contributed by atoms with Gasteiger partial charge in [0.05, 0.1) is 25.4 Å². The zero-order valence-electron chi connectivity index (χ0n) is 13.2. The molecule has 1 saturated heterocycles. The number of hydrogen-bond donors (Lipinski definition) is 0. The van der Waals surface area contributed by atoms with Crippen molar-refractivity contribution < 1.29 is 9.47 Å². The van der Waals surface area contributed by atoms with Gasteiger partial charge in [-0.1, -0.05) is 24.3 Å². The van der Waals surface area contributed by atoms with Crippen molar-refractivity contribution in [2.45, 2.75) is 37.7 Å². The maximum atomic E-state index is 6.15. The highest BCUT2D eigenvalue weighted by atomic mass is 16.5. The summed E-state index contributed by atoms with van der Waals surface area (Å²) in [7, 11) is 0. The Morgan fingerprint density at radius 1 is 1.13 bits per heavy atom. The van der Waals surface area contributed by atoms with E-state index in [1.165, 1.54) is 5.69 Å². The first-order valence-corrected chi connectivity index (χ1v) is 8.35. The Labute approximate surface area is 137 Å². The third kappa shape index (κ3) is 3.09. The van der Waals surface area contributed by atoms with E-state index in [1.807, 2.05) is 12.3 Å². The number of hydrogen-bond acceptors (Lipinski definition) is 4. The summed E-state index contributed by atoms with van der Waals surface area (Å²) in [5.41, 5.74) is 2.41. The summed E-state index contributed by atoms with van der Waals surface area (Å²) in [4.78, 5) is 6.63. The van der Waals surface area contributed by atoms with Crippen LogP contribution in [0.25, 0.3) is 0 Å². The highest BCUT2D eigenvalue weighted by molar-refractivity contribution is 5.48. The number of benzene rings is 1. The van der Waals surface area contributed by atoms with Gasteiger partial charge >= 0.3 is 0 Å². The summed E-state index contributed by atoms with van der Waals surface area (Å²) < 4.78 is 12.2. The second kappa shape index (κ2) is 6.69. The average Bonchev–Trinajstić information content (AvgIpc) is 3.05. The van der Waals surface area contributed by atoms with Gasteiger partial charge in [0.25, 0.3) is 0 Å². The number of pyridine rings is 1. The fraction of sp³-hybridized carbons (Fsp3) is 0.421. The van der Waals surface area contributed by atoms with E-state index in [-0.39, 0.29) is 12.2 Å². The highest BCUT2D eigenvalue weighted by Crippen LogP contribution is 2.35. The monoisotopic (exact) mass is 310 g/mol. The molecule has 0 amide bonds. The van der Waals surface area contributed by atoms with Crippen molar-refractivity contribution in [3.05, 3.63) is 60.4 Å². The molecule has 2 fully saturated rings. The van der Waals surface area contributed by atoms with E-state index < -0.39 is 0 Å². The molecule has 1 aromatic heterocycles. The first-order valence-electron chi connectivity index (χ1n) is 8.35. The molecule has 4 rings (SSSR count). The van der Waals surface area contributed by atoms with E-state index in [0.29, 0.717) is 12.6 Å². The fourth-order valence-electron chi connectivity index (χ4n) is 3.72. The zero-order chi connectivity index (χ0) is 15.5. The molecule has 1 aliphatic carbocycles. The lowest BCUT2D eigenvalue weighted by Gasteiger charge is -2.40. The average molecular weight is 310 g/mol. The molecular weight excluding hydrogens is 288 g/mol. The summed E-state index contributed by atoms with van der Waals surface area (Å²) in [6.07, 6.45) is 6.17. The quantitative estimate of drug-likeness (QED) is 0.869.